The summed E-state index contributed by atoms with van der Waals surface area (Å²) in [4.78, 5) is 28.4. The van der Waals surface area contributed by atoms with Gasteiger partial charge in [0.1, 0.15) is 5.60 Å². The van der Waals surface area contributed by atoms with E-state index < -0.39 is 11.7 Å². The molecule has 28 heavy (non-hydrogen) atoms. The summed E-state index contributed by atoms with van der Waals surface area (Å²) in [5, 5.41) is 5.48. The first-order valence-electron chi connectivity index (χ1n) is 9.23. The monoisotopic (exact) mass is 385 g/mol. The summed E-state index contributed by atoms with van der Waals surface area (Å²) in [6.07, 6.45) is 2.00. The maximum Gasteiger partial charge on any atom is 0.412 e. The Morgan fingerprint density at radius 2 is 1.82 bits per heavy atom. The van der Waals surface area contributed by atoms with Crippen LogP contribution in [0.1, 0.15) is 50.0 Å². The first kappa shape index (κ1) is 21.2. The molecular weight excluding hydrogens is 358 g/mol. The molecule has 150 valence electrons. The summed E-state index contributed by atoms with van der Waals surface area (Å²) >= 11 is 0. The van der Waals surface area contributed by atoms with Gasteiger partial charge in [-0.3, -0.25) is 10.1 Å². The van der Waals surface area contributed by atoms with Gasteiger partial charge in [-0.2, -0.15) is 0 Å². The first-order valence-corrected chi connectivity index (χ1v) is 9.23. The van der Waals surface area contributed by atoms with E-state index in [0.717, 1.165) is 12.0 Å². The van der Waals surface area contributed by atoms with Crippen molar-refractivity contribution in [2.75, 3.05) is 11.9 Å². The molecule has 2 amide bonds. The zero-order valence-electron chi connectivity index (χ0n) is 16.7. The highest BCUT2D eigenvalue weighted by molar-refractivity contribution is 5.95. The highest BCUT2D eigenvalue weighted by Crippen LogP contribution is 2.16. The van der Waals surface area contributed by atoms with Crippen molar-refractivity contribution in [3.8, 4) is 5.88 Å². The number of anilines is 1. The van der Waals surface area contributed by atoms with Gasteiger partial charge in [-0.05, 0) is 57.5 Å². The molecule has 1 aromatic carbocycles. The van der Waals surface area contributed by atoms with Crippen LogP contribution in [0, 0.1) is 0 Å². The van der Waals surface area contributed by atoms with Crippen LogP contribution in [0.3, 0.4) is 0 Å². The molecule has 1 heterocycles. The Balaban J connectivity index is 1.92. The summed E-state index contributed by atoms with van der Waals surface area (Å²) in [5.74, 6) is 0.302. The molecule has 0 unspecified atom stereocenters. The van der Waals surface area contributed by atoms with Crippen molar-refractivity contribution >= 4 is 17.7 Å². The Morgan fingerprint density at radius 1 is 1.11 bits per heavy atom. The Labute approximate surface area is 165 Å². The molecule has 2 aromatic rings. The third kappa shape index (κ3) is 6.90. The van der Waals surface area contributed by atoms with Gasteiger partial charge in [-0.15, -0.1) is 0 Å². The number of rotatable bonds is 7. The molecule has 7 heteroatoms. The predicted molar refractivity (Wildman–Crippen MR) is 107 cm³/mol. The number of hydrogen-bond donors (Lipinski definition) is 2. The molecule has 0 spiro atoms. The van der Waals surface area contributed by atoms with Gasteiger partial charge in [0.2, 0.25) is 5.88 Å². The van der Waals surface area contributed by atoms with E-state index in [4.69, 9.17) is 9.47 Å². The van der Waals surface area contributed by atoms with Gasteiger partial charge in [0.25, 0.3) is 5.91 Å². The van der Waals surface area contributed by atoms with Crippen LogP contribution >= 0.6 is 0 Å². The van der Waals surface area contributed by atoms with Crippen LogP contribution in [0.25, 0.3) is 0 Å². The highest BCUT2D eigenvalue weighted by Gasteiger charge is 2.16. The Bertz CT molecular complexity index is 798. The summed E-state index contributed by atoms with van der Waals surface area (Å²) in [6.45, 7) is 8.28. The van der Waals surface area contributed by atoms with Crippen LogP contribution in [-0.2, 0) is 11.3 Å². The second-order valence-corrected chi connectivity index (χ2v) is 7.20. The molecule has 0 aliphatic heterocycles. The molecule has 0 atom stereocenters. The van der Waals surface area contributed by atoms with E-state index in [1.54, 1.807) is 57.3 Å². The standard InChI is InChI=1S/C21H27N3O4/c1-5-13-27-19-16(7-6-12-22-19)14-23-18(25)15-8-10-17(11-9-15)24-20(26)28-21(2,3)4/h6-12H,5,13-14H2,1-4H3,(H,23,25)(H,24,26). The van der Waals surface area contributed by atoms with E-state index in [2.05, 4.69) is 15.6 Å². The molecule has 0 aliphatic carbocycles. The topological polar surface area (TPSA) is 89.5 Å². The molecule has 7 nitrogen and oxygen atoms in total. The van der Waals surface area contributed by atoms with Crippen molar-refractivity contribution in [3.05, 3.63) is 53.7 Å². The van der Waals surface area contributed by atoms with E-state index in [1.165, 1.54) is 0 Å². The fourth-order valence-corrected chi connectivity index (χ4v) is 2.29. The maximum atomic E-state index is 12.4. The molecule has 0 bridgehead atoms. The number of carbonyl (C=O) groups is 2. The number of carbonyl (C=O) groups excluding carboxylic acids is 2. The van der Waals surface area contributed by atoms with Gasteiger partial charge < -0.3 is 14.8 Å². The molecule has 0 saturated heterocycles. The molecule has 0 aliphatic rings. The number of nitrogens with one attached hydrogen (secondary N) is 2. The van der Waals surface area contributed by atoms with Crippen molar-refractivity contribution in [1.82, 2.24) is 10.3 Å². The lowest BCUT2D eigenvalue weighted by molar-refractivity contribution is 0.0635. The lowest BCUT2D eigenvalue weighted by Crippen LogP contribution is -2.27. The zero-order chi connectivity index (χ0) is 20.6. The zero-order valence-corrected chi connectivity index (χ0v) is 16.7. The van der Waals surface area contributed by atoms with Gasteiger partial charge in [0.05, 0.1) is 6.61 Å². The SMILES string of the molecule is CCCOc1ncccc1CNC(=O)c1ccc(NC(=O)OC(C)(C)C)cc1. The number of benzene rings is 1. The van der Waals surface area contributed by atoms with Crippen LogP contribution in [0.5, 0.6) is 5.88 Å². The maximum absolute atomic E-state index is 12.4. The summed E-state index contributed by atoms with van der Waals surface area (Å²) in [5.41, 5.74) is 1.27. The number of hydrogen-bond acceptors (Lipinski definition) is 5. The minimum Gasteiger partial charge on any atom is -0.477 e. The van der Waals surface area contributed by atoms with Crippen molar-refractivity contribution in [2.45, 2.75) is 46.3 Å². The van der Waals surface area contributed by atoms with Crippen LogP contribution < -0.4 is 15.4 Å². The van der Waals surface area contributed by atoms with Crippen LogP contribution in [0.4, 0.5) is 10.5 Å². The summed E-state index contributed by atoms with van der Waals surface area (Å²) in [7, 11) is 0. The normalized spacial score (nSPS) is 10.9. The van der Waals surface area contributed by atoms with E-state index in [9.17, 15) is 9.59 Å². The van der Waals surface area contributed by atoms with Crippen molar-refractivity contribution in [2.24, 2.45) is 0 Å². The van der Waals surface area contributed by atoms with Gasteiger partial charge in [-0.1, -0.05) is 13.0 Å². The molecule has 1 aromatic heterocycles. The second kappa shape index (κ2) is 9.73. The predicted octanol–water partition coefficient (Wildman–Crippen LogP) is 4.15. The van der Waals surface area contributed by atoms with Crippen molar-refractivity contribution in [3.63, 3.8) is 0 Å². The summed E-state index contributed by atoms with van der Waals surface area (Å²) < 4.78 is 10.8. The number of nitrogens with zero attached hydrogens (tertiary/aromatic N) is 1. The van der Waals surface area contributed by atoms with Crippen molar-refractivity contribution < 1.29 is 19.1 Å². The molecule has 0 radical (unpaired) electrons. The van der Waals surface area contributed by atoms with Crippen LogP contribution in [0.2, 0.25) is 0 Å². The van der Waals surface area contributed by atoms with E-state index >= 15 is 0 Å². The largest absolute Gasteiger partial charge is 0.477 e. The highest BCUT2D eigenvalue weighted by atomic mass is 16.6. The fourth-order valence-electron chi connectivity index (χ4n) is 2.29. The number of ether oxygens (including phenoxy) is 2. The van der Waals surface area contributed by atoms with Crippen LogP contribution in [-0.4, -0.2) is 29.2 Å². The summed E-state index contributed by atoms with van der Waals surface area (Å²) in [6, 6.07) is 10.3. The third-order valence-electron chi connectivity index (χ3n) is 3.52. The molecule has 0 fully saturated rings. The van der Waals surface area contributed by atoms with Crippen LogP contribution in [0.15, 0.2) is 42.6 Å². The molecule has 2 N–H and O–H groups in total. The van der Waals surface area contributed by atoms with Gasteiger partial charge >= 0.3 is 6.09 Å². The first-order chi connectivity index (χ1) is 13.3. The minimum atomic E-state index is -0.574. The van der Waals surface area contributed by atoms with Gasteiger partial charge in [0.15, 0.2) is 0 Å². The van der Waals surface area contributed by atoms with Gasteiger partial charge in [-0.25, -0.2) is 9.78 Å². The third-order valence-corrected chi connectivity index (χ3v) is 3.52. The smallest absolute Gasteiger partial charge is 0.412 e. The lowest BCUT2D eigenvalue weighted by Gasteiger charge is -2.19. The molecule has 0 saturated carbocycles. The second-order valence-electron chi connectivity index (χ2n) is 7.20. The number of pyridine rings is 1. The Kier molecular flexibility index (Phi) is 7.37. The molecular formula is C21H27N3O4. The number of amides is 2. The Morgan fingerprint density at radius 3 is 2.46 bits per heavy atom. The quantitative estimate of drug-likeness (QED) is 0.747. The average molecular weight is 385 g/mol. The van der Waals surface area contributed by atoms with E-state index in [1.807, 2.05) is 13.0 Å². The fraction of sp³-hybridized carbons (Fsp3) is 0.381. The lowest BCUT2D eigenvalue weighted by atomic mass is 10.2. The van der Waals surface area contributed by atoms with E-state index in [0.29, 0.717) is 30.3 Å². The van der Waals surface area contributed by atoms with Gasteiger partial charge in [0, 0.05) is 29.6 Å². The molecule has 2 rings (SSSR count). The number of aromatic nitrogens is 1. The minimum absolute atomic E-state index is 0.228. The van der Waals surface area contributed by atoms with E-state index in [-0.39, 0.29) is 5.91 Å². The van der Waals surface area contributed by atoms with Crippen molar-refractivity contribution in [1.29, 1.82) is 0 Å². The Hall–Kier alpha value is -3.09. The average Bonchev–Trinajstić information content (AvgIpc) is 2.64.